The molecule has 0 fully saturated rings. The number of rotatable bonds is 5. The molecule has 0 unspecified atom stereocenters. The molecule has 2 N–H and O–H groups in total. The van der Waals surface area contributed by atoms with E-state index >= 15 is 0 Å². The van der Waals surface area contributed by atoms with E-state index in [0.717, 1.165) is 15.8 Å². The second-order valence-corrected chi connectivity index (χ2v) is 13.1. The Balaban J connectivity index is -0.000000643. The van der Waals surface area contributed by atoms with Crippen LogP contribution < -0.4 is 24.5 Å². The zero-order chi connectivity index (χ0) is 29.0. The van der Waals surface area contributed by atoms with Crippen molar-refractivity contribution in [3.63, 3.8) is 0 Å². The molecule has 0 bridgehead atoms. The molecule has 0 saturated heterocycles. The van der Waals surface area contributed by atoms with Crippen molar-refractivity contribution in [3.8, 4) is 11.8 Å². The Hall–Kier alpha value is -1.90. The molecule has 2 aromatic heterocycles. The number of hydrogen-bond acceptors (Lipinski definition) is 9. The first-order valence-corrected chi connectivity index (χ1v) is 12.5. The topological polar surface area (TPSA) is 94.4 Å². The standard InChI is InChI=1S/C15H27N3O2.C13H22N2O2.2CH3.Zr/c1-14(2,3)18(19)12-9-11(17(7)8)10-13(16-12)20-15(4,5)6;1-12(2,3)15(16)10-8-7-9-11(14-10)17-13(4,5)6;;;/h9-10,19H,1-8H3;7-9,16H,1-6H3;2*1H3;/q;;2*-1;+2. The summed E-state index contributed by atoms with van der Waals surface area (Å²) < 4.78 is 11.5. The summed E-state index contributed by atoms with van der Waals surface area (Å²) >= 11 is 0. The van der Waals surface area contributed by atoms with E-state index in [0.29, 0.717) is 23.4 Å². The molecule has 0 aliphatic rings. The molecule has 0 saturated carbocycles. The number of hydroxylamine groups is 2. The molecule has 228 valence electrons. The molecule has 2 rings (SSSR count). The van der Waals surface area contributed by atoms with Crippen LogP contribution in [-0.2, 0) is 26.2 Å². The van der Waals surface area contributed by atoms with E-state index in [1.54, 1.807) is 12.1 Å². The maximum absolute atomic E-state index is 10.3. The summed E-state index contributed by atoms with van der Waals surface area (Å²) in [4.78, 5) is 10.6. The van der Waals surface area contributed by atoms with Gasteiger partial charge in [-0.15, -0.1) is 0 Å². The predicted octanol–water partition coefficient (Wildman–Crippen LogP) is 7.47. The molecule has 0 amide bonds. The zero-order valence-corrected chi connectivity index (χ0v) is 30.3. The molecule has 2 heterocycles. The normalized spacial score (nSPS) is 11.4. The Labute approximate surface area is 263 Å². The van der Waals surface area contributed by atoms with Crippen LogP contribution in [0.1, 0.15) is 83.1 Å². The van der Waals surface area contributed by atoms with Gasteiger partial charge in [-0.1, -0.05) is 6.07 Å². The van der Waals surface area contributed by atoms with Gasteiger partial charge in [0.25, 0.3) is 0 Å². The predicted molar refractivity (Wildman–Crippen MR) is 164 cm³/mol. The van der Waals surface area contributed by atoms with Gasteiger partial charge in [-0.3, -0.25) is 10.4 Å². The third-order valence-electron chi connectivity index (χ3n) is 4.52. The molecule has 0 atom stereocenters. The minimum Gasteiger partial charge on any atom is -0.472 e. The molecule has 0 aliphatic heterocycles. The SMILES string of the molecule is CC(C)(C)Oc1cccc(N(O)C(C)(C)C)n1.CN(C)c1cc(OC(C)(C)C)nc(N(O)C(C)(C)C)c1.[CH3-].[CH3-].[Zr+2]. The third-order valence-corrected chi connectivity index (χ3v) is 4.52. The van der Waals surface area contributed by atoms with Gasteiger partial charge in [0.15, 0.2) is 11.6 Å². The molecule has 40 heavy (non-hydrogen) atoms. The van der Waals surface area contributed by atoms with E-state index in [1.165, 1.54) is 0 Å². The number of aromatic nitrogens is 2. The van der Waals surface area contributed by atoms with Crippen LogP contribution in [0, 0.1) is 14.9 Å². The Morgan fingerprint density at radius 3 is 1.43 bits per heavy atom. The van der Waals surface area contributed by atoms with E-state index in [2.05, 4.69) is 9.97 Å². The summed E-state index contributed by atoms with van der Waals surface area (Å²) in [6.07, 6.45) is 0. The summed E-state index contributed by atoms with van der Waals surface area (Å²) in [6, 6.07) is 9.05. The first-order valence-electron chi connectivity index (χ1n) is 12.5. The third kappa shape index (κ3) is 15.2. The molecular formula is C30H55N5O4Zr. The van der Waals surface area contributed by atoms with Crippen LogP contribution in [0.5, 0.6) is 11.8 Å². The number of nitrogens with zero attached hydrogens (tertiary/aromatic N) is 5. The van der Waals surface area contributed by atoms with Crippen molar-refractivity contribution in [1.82, 2.24) is 9.97 Å². The van der Waals surface area contributed by atoms with Crippen LogP contribution >= 0.6 is 0 Å². The van der Waals surface area contributed by atoms with Gasteiger partial charge >= 0.3 is 26.2 Å². The van der Waals surface area contributed by atoms with E-state index < -0.39 is 11.1 Å². The maximum atomic E-state index is 10.3. The fourth-order valence-electron chi connectivity index (χ4n) is 2.79. The molecule has 0 aliphatic carbocycles. The fraction of sp³-hybridized carbons (Fsp3) is 0.600. The van der Waals surface area contributed by atoms with Gasteiger partial charge in [0.2, 0.25) is 11.8 Å². The van der Waals surface area contributed by atoms with E-state index in [4.69, 9.17) is 9.47 Å². The smallest absolute Gasteiger partial charge is 0.472 e. The van der Waals surface area contributed by atoms with Crippen LogP contribution in [0.25, 0.3) is 0 Å². The van der Waals surface area contributed by atoms with Crippen LogP contribution in [0.2, 0.25) is 0 Å². The van der Waals surface area contributed by atoms with Crippen molar-refractivity contribution < 1.29 is 46.1 Å². The number of hydrogen-bond donors (Lipinski definition) is 2. The Bertz CT molecular complexity index is 1010. The van der Waals surface area contributed by atoms with Gasteiger partial charge in [0, 0.05) is 38.0 Å². The molecule has 0 aromatic carbocycles. The maximum Gasteiger partial charge on any atom is 2.00 e. The van der Waals surface area contributed by atoms with Gasteiger partial charge in [-0.2, -0.15) is 9.97 Å². The summed E-state index contributed by atoms with van der Waals surface area (Å²) in [5.74, 6) is 1.97. The molecule has 0 spiro atoms. The average Bonchev–Trinajstić information content (AvgIpc) is 2.69. The van der Waals surface area contributed by atoms with Crippen molar-refractivity contribution in [3.05, 3.63) is 45.2 Å². The van der Waals surface area contributed by atoms with Crippen LogP contribution in [-0.4, -0.2) is 56.8 Å². The van der Waals surface area contributed by atoms with Gasteiger partial charge in [0.1, 0.15) is 11.2 Å². The summed E-state index contributed by atoms with van der Waals surface area (Å²) in [5.41, 5.74) is -0.535. The first-order chi connectivity index (χ1) is 16.5. The molecule has 9 nitrogen and oxygen atoms in total. The van der Waals surface area contributed by atoms with Gasteiger partial charge in [-0.25, -0.2) is 10.1 Å². The van der Waals surface area contributed by atoms with Crippen LogP contribution in [0.3, 0.4) is 0 Å². The van der Waals surface area contributed by atoms with Crippen LogP contribution in [0.4, 0.5) is 17.3 Å². The quantitative estimate of drug-likeness (QED) is 0.255. The van der Waals surface area contributed by atoms with Crippen molar-refractivity contribution in [2.75, 3.05) is 29.1 Å². The zero-order valence-electron chi connectivity index (χ0n) is 27.8. The monoisotopic (exact) mass is 639 g/mol. The largest absolute Gasteiger partial charge is 2.00 e. The molecule has 10 heteroatoms. The summed E-state index contributed by atoms with van der Waals surface area (Å²) in [7, 11) is 3.89. The van der Waals surface area contributed by atoms with Crippen molar-refractivity contribution >= 4 is 17.3 Å². The number of anilines is 3. The second-order valence-electron chi connectivity index (χ2n) is 13.1. The Morgan fingerprint density at radius 1 is 0.625 bits per heavy atom. The van der Waals surface area contributed by atoms with Gasteiger partial charge in [-0.05, 0) is 89.2 Å². The van der Waals surface area contributed by atoms with E-state index in [1.807, 2.05) is 120 Å². The van der Waals surface area contributed by atoms with Crippen LogP contribution in [0.15, 0.2) is 30.3 Å². The van der Waals surface area contributed by atoms with Gasteiger partial charge < -0.3 is 29.2 Å². The minimum absolute atomic E-state index is 0. The number of pyridine rings is 2. The fourth-order valence-corrected chi connectivity index (χ4v) is 2.79. The number of ether oxygens (including phenoxy) is 2. The van der Waals surface area contributed by atoms with Crippen molar-refractivity contribution in [2.24, 2.45) is 0 Å². The van der Waals surface area contributed by atoms with Crippen molar-refractivity contribution in [1.29, 1.82) is 0 Å². The molecule has 0 radical (unpaired) electrons. The average molecular weight is 641 g/mol. The van der Waals surface area contributed by atoms with E-state index in [9.17, 15) is 10.4 Å². The molecular weight excluding hydrogens is 586 g/mol. The van der Waals surface area contributed by atoms with E-state index in [-0.39, 0.29) is 52.3 Å². The second kappa shape index (κ2) is 15.9. The minimum atomic E-state index is -0.434. The van der Waals surface area contributed by atoms with Crippen molar-refractivity contribution in [2.45, 2.75) is 105 Å². The summed E-state index contributed by atoms with van der Waals surface area (Å²) in [5, 5.41) is 22.6. The van der Waals surface area contributed by atoms with Gasteiger partial charge in [0.05, 0.1) is 11.1 Å². The Kier molecular flexibility index (Phi) is 17.0. The summed E-state index contributed by atoms with van der Waals surface area (Å²) in [6.45, 7) is 23.3. The first kappa shape index (κ1) is 42.6. The Morgan fingerprint density at radius 2 is 1.02 bits per heavy atom. The molecule has 2 aromatic rings.